The summed E-state index contributed by atoms with van der Waals surface area (Å²) < 4.78 is 7.66. The van der Waals surface area contributed by atoms with Crippen LogP contribution in [0.5, 0.6) is 5.75 Å². The molecular formula is C16H21N3O2. The minimum atomic E-state index is -0.996. The van der Waals surface area contributed by atoms with E-state index in [1.807, 2.05) is 39.1 Å². The third kappa shape index (κ3) is 3.24. The highest BCUT2D eigenvalue weighted by Crippen LogP contribution is 2.25. The second kappa shape index (κ2) is 5.60. The number of nitrogens with one attached hydrogen (secondary N) is 1. The molecule has 0 radical (unpaired) electrons. The Hall–Kier alpha value is -2.30. The lowest BCUT2D eigenvalue weighted by atomic mass is 10.1. The molecule has 0 aliphatic heterocycles. The van der Waals surface area contributed by atoms with E-state index in [2.05, 4.69) is 10.3 Å². The second-order valence-corrected chi connectivity index (χ2v) is 5.63. The number of rotatable bonds is 4. The zero-order chi connectivity index (χ0) is 15.6. The van der Waals surface area contributed by atoms with Gasteiger partial charge >= 0.3 is 0 Å². The maximum Gasteiger partial charge on any atom is 0.270 e. The highest BCUT2D eigenvalue weighted by atomic mass is 16.5. The molecule has 0 saturated heterocycles. The van der Waals surface area contributed by atoms with Crippen LogP contribution in [0.2, 0.25) is 0 Å². The quantitative estimate of drug-likeness (QED) is 0.940. The molecule has 0 aliphatic carbocycles. The van der Waals surface area contributed by atoms with Gasteiger partial charge in [0.2, 0.25) is 5.95 Å². The average molecular weight is 287 g/mol. The van der Waals surface area contributed by atoms with Crippen molar-refractivity contribution in [1.82, 2.24) is 9.55 Å². The number of anilines is 1. The molecule has 1 aromatic carbocycles. The van der Waals surface area contributed by atoms with Gasteiger partial charge in [-0.25, -0.2) is 4.98 Å². The van der Waals surface area contributed by atoms with Crippen molar-refractivity contribution in [3.8, 4) is 5.75 Å². The highest BCUT2D eigenvalue weighted by molar-refractivity contribution is 5.95. The molecule has 2 aromatic rings. The smallest absolute Gasteiger partial charge is 0.270 e. The van der Waals surface area contributed by atoms with Gasteiger partial charge in [0.15, 0.2) is 5.60 Å². The molecule has 0 aliphatic rings. The minimum absolute atomic E-state index is 0.238. The topological polar surface area (TPSA) is 56.1 Å². The first-order valence-corrected chi connectivity index (χ1v) is 6.85. The Bertz CT molecular complexity index is 659. The zero-order valence-corrected chi connectivity index (χ0v) is 13.1. The molecule has 5 nitrogen and oxygen atoms in total. The first kappa shape index (κ1) is 15.1. The van der Waals surface area contributed by atoms with Crippen molar-refractivity contribution < 1.29 is 9.53 Å². The number of ether oxygens (including phenoxy) is 1. The van der Waals surface area contributed by atoms with Gasteiger partial charge in [0.05, 0.1) is 0 Å². The van der Waals surface area contributed by atoms with Crippen molar-refractivity contribution in [1.29, 1.82) is 0 Å². The lowest BCUT2D eigenvalue weighted by molar-refractivity contribution is -0.128. The van der Waals surface area contributed by atoms with Crippen LogP contribution in [-0.4, -0.2) is 21.1 Å². The van der Waals surface area contributed by atoms with Crippen LogP contribution in [0.15, 0.2) is 30.6 Å². The summed E-state index contributed by atoms with van der Waals surface area (Å²) in [5, 5.41) is 2.77. The number of benzene rings is 1. The van der Waals surface area contributed by atoms with Gasteiger partial charge in [0.1, 0.15) is 5.75 Å². The van der Waals surface area contributed by atoms with Crippen molar-refractivity contribution >= 4 is 11.9 Å². The van der Waals surface area contributed by atoms with Gasteiger partial charge in [-0.2, -0.15) is 0 Å². The Labute approximate surface area is 125 Å². The number of hydrogen-bond donors (Lipinski definition) is 1. The van der Waals surface area contributed by atoms with E-state index in [1.54, 1.807) is 30.8 Å². The number of hydrogen-bond acceptors (Lipinski definition) is 3. The van der Waals surface area contributed by atoms with Gasteiger partial charge in [-0.1, -0.05) is 12.1 Å². The van der Waals surface area contributed by atoms with E-state index in [9.17, 15) is 4.79 Å². The van der Waals surface area contributed by atoms with Gasteiger partial charge < -0.3 is 9.30 Å². The summed E-state index contributed by atoms with van der Waals surface area (Å²) in [6, 6.07) is 5.81. The van der Waals surface area contributed by atoms with E-state index in [0.29, 0.717) is 5.95 Å². The summed E-state index contributed by atoms with van der Waals surface area (Å²) in [5.41, 5.74) is 1.17. The molecule has 2 rings (SSSR count). The van der Waals surface area contributed by atoms with Crippen LogP contribution < -0.4 is 10.1 Å². The predicted octanol–water partition coefficient (Wildman–Crippen LogP) is 2.83. The summed E-state index contributed by atoms with van der Waals surface area (Å²) in [7, 11) is 1.82. The standard InChI is InChI=1S/C16H21N3O2/c1-11-7-6-8-13(12(11)2)21-16(3,4)14(20)18-15-17-9-10-19(15)5/h6-10H,1-5H3,(H,17,18,20). The minimum Gasteiger partial charge on any atom is -0.478 e. The molecule has 1 aromatic heterocycles. The van der Waals surface area contributed by atoms with Crippen LogP contribution in [0, 0.1) is 13.8 Å². The Morgan fingerprint density at radius 2 is 2.05 bits per heavy atom. The van der Waals surface area contributed by atoms with Gasteiger partial charge in [0.25, 0.3) is 5.91 Å². The zero-order valence-electron chi connectivity index (χ0n) is 13.1. The SMILES string of the molecule is Cc1cccc(OC(C)(C)C(=O)Nc2nccn2C)c1C. The summed E-state index contributed by atoms with van der Waals surface area (Å²) in [4.78, 5) is 16.5. The van der Waals surface area contributed by atoms with Crippen LogP contribution in [0.25, 0.3) is 0 Å². The summed E-state index contributed by atoms with van der Waals surface area (Å²) >= 11 is 0. The van der Waals surface area contributed by atoms with Crippen molar-refractivity contribution in [3.05, 3.63) is 41.7 Å². The van der Waals surface area contributed by atoms with Gasteiger partial charge in [-0.05, 0) is 44.9 Å². The number of nitrogens with zero attached hydrogens (tertiary/aromatic N) is 2. The van der Waals surface area contributed by atoms with E-state index in [1.165, 1.54) is 0 Å². The first-order chi connectivity index (χ1) is 9.81. The fourth-order valence-corrected chi connectivity index (χ4v) is 1.89. The highest BCUT2D eigenvalue weighted by Gasteiger charge is 2.31. The normalized spacial score (nSPS) is 11.3. The summed E-state index contributed by atoms with van der Waals surface area (Å²) in [6.07, 6.45) is 3.41. The van der Waals surface area contributed by atoms with Crippen LogP contribution in [0.1, 0.15) is 25.0 Å². The van der Waals surface area contributed by atoms with Gasteiger partial charge in [-0.15, -0.1) is 0 Å². The molecule has 0 saturated carbocycles. The number of carbonyl (C=O) groups is 1. The van der Waals surface area contributed by atoms with E-state index >= 15 is 0 Å². The number of aryl methyl sites for hydroxylation is 2. The van der Waals surface area contributed by atoms with E-state index in [0.717, 1.165) is 16.9 Å². The lowest BCUT2D eigenvalue weighted by Crippen LogP contribution is -2.43. The Morgan fingerprint density at radius 3 is 2.67 bits per heavy atom. The van der Waals surface area contributed by atoms with E-state index in [-0.39, 0.29) is 5.91 Å². The Morgan fingerprint density at radius 1 is 1.33 bits per heavy atom. The summed E-state index contributed by atoms with van der Waals surface area (Å²) in [5.74, 6) is 0.977. The molecule has 112 valence electrons. The second-order valence-electron chi connectivity index (χ2n) is 5.63. The summed E-state index contributed by atoms with van der Waals surface area (Å²) in [6.45, 7) is 7.49. The Kier molecular flexibility index (Phi) is 4.02. The fraction of sp³-hybridized carbons (Fsp3) is 0.375. The molecule has 1 heterocycles. The number of aromatic nitrogens is 2. The van der Waals surface area contributed by atoms with Gasteiger partial charge in [0, 0.05) is 19.4 Å². The van der Waals surface area contributed by atoms with Crippen LogP contribution in [0.3, 0.4) is 0 Å². The third-order valence-electron chi connectivity index (χ3n) is 3.51. The predicted molar refractivity (Wildman–Crippen MR) is 82.5 cm³/mol. The van der Waals surface area contributed by atoms with Crippen LogP contribution in [0.4, 0.5) is 5.95 Å². The van der Waals surface area contributed by atoms with Crippen molar-refractivity contribution in [2.45, 2.75) is 33.3 Å². The Balaban J connectivity index is 2.16. The largest absolute Gasteiger partial charge is 0.478 e. The molecule has 0 atom stereocenters. The molecule has 0 spiro atoms. The van der Waals surface area contributed by atoms with Crippen LogP contribution in [-0.2, 0) is 11.8 Å². The van der Waals surface area contributed by atoms with E-state index < -0.39 is 5.60 Å². The maximum atomic E-state index is 12.4. The number of imidazole rings is 1. The van der Waals surface area contributed by atoms with E-state index in [4.69, 9.17) is 4.74 Å². The number of carbonyl (C=O) groups excluding carboxylic acids is 1. The molecular weight excluding hydrogens is 266 g/mol. The molecule has 5 heteroatoms. The molecule has 1 N–H and O–H groups in total. The average Bonchev–Trinajstić information content (AvgIpc) is 2.80. The number of amides is 1. The molecule has 0 fully saturated rings. The lowest BCUT2D eigenvalue weighted by Gasteiger charge is -2.26. The van der Waals surface area contributed by atoms with Gasteiger partial charge in [-0.3, -0.25) is 10.1 Å². The maximum absolute atomic E-state index is 12.4. The monoisotopic (exact) mass is 287 g/mol. The van der Waals surface area contributed by atoms with Crippen LogP contribution >= 0.6 is 0 Å². The van der Waals surface area contributed by atoms with Crippen molar-refractivity contribution in [2.24, 2.45) is 7.05 Å². The third-order valence-corrected chi connectivity index (χ3v) is 3.51. The van der Waals surface area contributed by atoms with Crippen molar-refractivity contribution in [2.75, 3.05) is 5.32 Å². The molecule has 21 heavy (non-hydrogen) atoms. The molecule has 1 amide bonds. The fourth-order valence-electron chi connectivity index (χ4n) is 1.89. The van der Waals surface area contributed by atoms with Crippen molar-refractivity contribution in [3.63, 3.8) is 0 Å². The molecule has 0 bridgehead atoms. The first-order valence-electron chi connectivity index (χ1n) is 6.85. The molecule has 0 unspecified atom stereocenters.